The van der Waals surface area contributed by atoms with Gasteiger partial charge in [-0.2, -0.15) is 0 Å². The number of aryl methyl sites for hydroxylation is 1. The van der Waals surface area contributed by atoms with E-state index in [1.54, 1.807) is 22.7 Å². The first-order chi connectivity index (χ1) is 6.78. The average Bonchev–Trinajstić information content (AvgIpc) is 2.76. The average molecular weight is 225 g/mol. The van der Waals surface area contributed by atoms with Gasteiger partial charge in [-0.1, -0.05) is 0 Å². The van der Waals surface area contributed by atoms with Crippen LogP contribution in [-0.2, 0) is 13.0 Å². The first-order valence-electron chi connectivity index (χ1n) is 4.32. The number of thiazole rings is 2. The molecule has 0 aliphatic carbocycles. The minimum atomic E-state index is 0.520. The maximum absolute atomic E-state index is 5.49. The lowest BCUT2D eigenvalue weighted by Crippen LogP contribution is -1.96. The van der Waals surface area contributed by atoms with Gasteiger partial charge in [-0.15, -0.1) is 22.7 Å². The Hall–Kier alpha value is -0.780. The van der Waals surface area contributed by atoms with Crippen LogP contribution >= 0.6 is 22.7 Å². The van der Waals surface area contributed by atoms with Gasteiger partial charge in [-0.3, -0.25) is 0 Å². The molecule has 2 aromatic rings. The van der Waals surface area contributed by atoms with Gasteiger partial charge in [0.25, 0.3) is 0 Å². The Balaban J connectivity index is 2.10. The predicted molar refractivity (Wildman–Crippen MR) is 59.7 cm³/mol. The molecular formula is C9H11N3S2. The van der Waals surface area contributed by atoms with Gasteiger partial charge in [0.15, 0.2) is 0 Å². The molecule has 3 nitrogen and oxygen atoms in total. The molecule has 0 aliphatic rings. The van der Waals surface area contributed by atoms with Gasteiger partial charge < -0.3 is 5.73 Å². The van der Waals surface area contributed by atoms with E-state index in [9.17, 15) is 0 Å². The zero-order chi connectivity index (χ0) is 9.97. The molecule has 0 spiro atoms. The summed E-state index contributed by atoms with van der Waals surface area (Å²) in [6.07, 6.45) is 0.828. The van der Waals surface area contributed by atoms with Crippen LogP contribution in [0.25, 0.3) is 0 Å². The normalized spacial score (nSPS) is 10.7. The van der Waals surface area contributed by atoms with Gasteiger partial charge >= 0.3 is 0 Å². The highest BCUT2D eigenvalue weighted by Crippen LogP contribution is 2.16. The fraction of sp³-hybridized carbons (Fsp3) is 0.333. The fourth-order valence-corrected chi connectivity index (χ4v) is 2.60. The van der Waals surface area contributed by atoms with E-state index in [4.69, 9.17) is 5.73 Å². The van der Waals surface area contributed by atoms with Crippen molar-refractivity contribution in [1.29, 1.82) is 0 Å². The van der Waals surface area contributed by atoms with Crippen molar-refractivity contribution in [3.05, 3.63) is 32.2 Å². The summed E-state index contributed by atoms with van der Waals surface area (Å²) in [5, 5.41) is 6.29. The van der Waals surface area contributed by atoms with Crippen LogP contribution in [0.3, 0.4) is 0 Å². The summed E-state index contributed by atoms with van der Waals surface area (Å²) in [6.45, 7) is 2.54. The van der Waals surface area contributed by atoms with E-state index in [1.807, 2.05) is 12.3 Å². The maximum atomic E-state index is 5.49. The predicted octanol–water partition coefficient (Wildman–Crippen LogP) is 1.96. The summed E-state index contributed by atoms with van der Waals surface area (Å²) in [5.41, 5.74) is 7.56. The lowest BCUT2D eigenvalue weighted by Gasteiger charge is -1.90. The first kappa shape index (κ1) is 9.76. The van der Waals surface area contributed by atoms with Crippen LogP contribution in [0, 0.1) is 6.92 Å². The molecule has 0 radical (unpaired) electrons. The van der Waals surface area contributed by atoms with Crippen molar-refractivity contribution in [2.45, 2.75) is 19.9 Å². The molecule has 0 aliphatic heterocycles. The summed E-state index contributed by atoms with van der Waals surface area (Å²) in [5.74, 6) is 0. The van der Waals surface area contributed by atoms with Crippen LogP contribution in [-0.4, -0.2) is 9.97 Å². The molecule has 0 saturated carbocycles. The second-order valence-corrected chi connectivity index (χ2v) is 4.98. The molecule has 0 amide bonds. The zero-order valence-corrected chi connectivity index (χ0v) is 9.49. The second-order valence-electron chi connectivity index (χ2n) is 2.97. The summed E-state index contributed by atoms with van der Waals surface area (Å²) < 4.78 is 0. The number of nitrogens with zero attached hydrogens (tertiary/aromatic N) is 2. The Kier molecular flexibility index (Phi) is 2.90. The Labute approximate surface area is 90.6 Å². The molecule has 2 aromatic heterocycles. The molecule has 0 saturated heterocycles. The van der Waals surface area contributed by atoms with Gasteiger partial charge in [0.1, 0.15) is 0 Å². The molecule has 0 aromatic carbocycles. The van der Waals surface area contributed by atoms with E-state index in [0.717, 1.165) is 27.8 Å². The van der Waals surface area contributed by atoms with Crippen LogP contribution in [0.5, 0.6) is 0 Å². The molecule has 0 atom stereocenters. The van der Waals surface area contributed by atoms with Crippen LogP contribution in [0.15, 0.2) is 10.8 Å². The van der Waals surface area contributed by atoms with E-state index >= 15 is 0 Å². The maximum Gasteiger partial charge on any atom is 0.0988 e. The van der Waals surface area contributed by atoms with E-state index < -0.39 is 0 Å². The quantitative estimate of drug-likeness (QED) is 0.868. The summed E-state index contributed by atoms with van der Waals surface area (Å²) >= 11 is 3.33. The van der Waals surface area contributed by atoms with E-state index in [2.05, 4.69) is 15.3 Å². The number of hydrogen-bond acceptors (Lipinski definition) is 5. The standard InChI is InChI=1S/C9H11N3S2/c1-6-11-7(4-13-6)2-9-12-8(3-10)5-14-9/h4-5H,2-3,10H2,1H3. The SMILES string of the molecule is Cc1nc(Cc2nc(CN)cs2)cs1. The van der Waals surface area contributed by atoms with Crippen LogP contribution in [0.4, 0.5) is 0 Å². The minimum absolute atomic E-state index is 0.520. The summed E-state index contributed by atoms with van der Waals surface area (Å²) in [6, 6.07) is 0. The number of rotatable bonds is 3. The monoisotopic (exact) mass is 225 g/mol. The minimum Gasteiger partial charge on any atom is -0.325 e. The molecular weight excluding hydrogens is 214 g/mol. The highest BCUT2D eigenvalue weighted by Gasteiger charge is 2.04. The fourth-order valence-electron chi connectivity index (χ4n) is 1.17. The highest BCUT2D eigenvalue weighted by atomic mass is 32.1. The molecule has 0 bridgehead atoms. The van der Waals surface area contributed by atoms with Gasteiger partial charge in [0.2, 0.25) is 0 Å². The Bertz CT molecular complexity index is 419. The van der Waals surface area contributed by atoms with Crippen molar-refractivity contribution in [2.75, 3.05) is 0 Å². The molecule has 14 heavy (non-hydrogen) atoms. The van der Waals surface area contributed by atoms with Crippen molar-refractivity contribution in [3.63, 3.8) is 0 Å². The first-order valence-corrected chi connectivity index (χ1v) is 6.08. The molecule has 2 rings (SSSR count). The third-order valence-corrected chi connectivity index (χ3v) is 3.53. The lowest BCUT2D eigenvalue weighted by atomic mass is 10.3. The topological polar surface area (TPSA) is 51.8 Å². The third-order valence-electron chi connectivity index (χ3n) is 1.81. The van der Waals surface area contributed by atoms with Gasteiger partial charge in [0, 0.05) is 23.7 Å². The summed E-state index contributed by atoms with van der Waals surface area (Å²) in [4.78, 5) is 8.79. The molecule has 74 valence electrons. The molecule has 0 unspecified atom stereocenters. The molecule has 2 N–H and O–H groups in total. The Morgan fingerprint density at radius 1 is 1.21 bits per heavy atom. The largest absolute Gasteiger partial charge is 0.325 e. The van der Waals surface area contributed by atoms with Crippen molar-refractivity contribution < 1.29 is 0 Å². The van der Waals surface area contributed by atoms with Crippen molar-refractivity contribution in [1.82, 2.24) is 9.97 Å². The van der Waals surface area contributed by atoms with Crippen molar-refractivity contribution in [2.24, 2.45) is 5.73 Å². The third kappa shape index (κ3) is 2.17. The number of aromatic nitrogens is 2. The van der Waals surface area contributed by atoms with Gasteiger partial charge in [-0.05, 0) is 6.92 Å². The van der Waals surface area contributed by atoms with Crippen molar-refractivity contribution in [3.8, 4) is 0 Å². The van der Waals surface area contributed by atoms with Crippen LogP contribution in [0.1, 0.15) is 21.4 Å². The molecule has 5 heteroatoms. The van der Waals surface area contributed by atoms with E-state index in [0.29, 0.717) is 6.54 Å². The van der Waals surface area contributed by atoms with E-state index in [1.165, 1.54) is 0 Å². The number of hydrogen-bond donors (Lipinski definition) is 1. The van der Waals surface area contributed by atoms with Crippen LogP contribution < -0.4 is 5.73 Å². The summed E-state index contributed by atoms with van der Waals surface area (Å²) in [7, 11) is 0. The molecule has 2 heterocycles. The molecule has 0 fully saturated rings. The Morgan fingerprint density at radius 3 is 2.57 bits per heavy atom. The highest BCUT2D eigenvalue weighted by molar-refractivity contribution is 7.10. The Morgan fingerprint density at radius 2 is 2.00 bits per heavy atom. The van der Waals surface area contributed by atoms with Gasteiger partial charge in [-0.25, -0.2) is 9.97 Å². The lowest BCUT2D eigenvalue weighted by molar-refractivity contribution is 0.971. The smallest absolute Gasteiger partial charge is 0.0988 e. The van der Waals surface area contributed by atoms with Gasteiger partial charge in [0.05, 0.1) is 21.4 Å². The second kappa shape index (κ2) is 4.16. The number of nitrogens with two attached hydrogens (primary N) is 1. The zero-order valence-electron chi connectivity index (χ0n) is 7.86. The van der Waals surface area contributed by atoms with Crippen molar-refractivity contribution >= 4 is 22.7 Å². The van der Waals surface area contributed by atoms with Crippen LogP contribution in [0.2, 0.25) is 0 Å². The van der Waals surface area contributed by atoms with E-state index in [-0.39, 0.29) is 0 Å².